The lowest BCUT2D eigenvalue weighted by molar-refractivity contribution is 0.0854. The van der Waals surface area contributed by atoms with Crippen LogP contribution in [0.15, 0.2) is 42.1 Å². The summed E-state index contributed by atoms with van der Waals surface area (Å²) in [6, 6.07) is 8.10. The van der Waals surface area contributed by atoms with Gasteiger partial charge in [-0.2, -0.15) is 5.10 Å². The highest BCUT2D eigenvalue weighted by molar-refractivity contribution is 6.00. The highest BCUT2D eigenvalue weighted by Gasteiger charge is 2.17. The van der Waals surface area contributed by atoms with Crippen LogP contribution >= 0.6 is 0 Å². The molecule has 1 aromatic heterocycles. The van der Waals surface area contributed by atoms with E-state index in [-0.39, 0.29) is 6.10 Å². The zero-order valence-electron chi connectivity index (χ0n) is 13.4. The fourth-order valence-corrected chi connectivity index (χ4v) is 1.97. The lowest BCUT2D eigenvalue weighted by Crippen LogP contribution is -2.14. The number of nitrogens with zero attached hydrogens (tertiary/aromatic N) is 4. The van der Waals surface area contributed by atoms with E-state index in [9.17, 15) is 0 Å². The number of rotatable bonds is 5. The van der Waals surface area contributed by atoms with E-state index < -0.39 is 0 Å². The summed E-state index contributed by atoms with van der Waals surface area (Å²) in [4.78, 5) is 9.39. The van der Waals surface area contributed by atoms with Crippen molar-refractivity contribution >= 4 is 5.71 Å². The average molecular weight is 308 g/mol. The van der Waals surface area contributed by atoms with Crippen LogP contribution in [-0.4, -0.2) is 26.6 Å². The smallest absolute Gasteiger partial charge is 0.137 e. The third-order valence-corrected chi connectivity index (χ3v) is 3.37. The molecule has 23 heavy (non-hydrogen) atoms. The molecule has 0 unspecified atom stereocenters. The molecule has 5 heteroatoms. The number of oxime groups is 1. The zero-order chi connectivity index (χ0) is 16.1. The van der Waals surface area contributed by atoms with Crippen molar-refractivity contribution in [2.75, 3.05) is 0 Å². The largest absolute Gasteiger partial charge is 0.393 e. The molecule has 0 radical (unpaired) electrons. The molecule has 3 rings (SSSR count). The predicted octanol–water partition coefficient (Wildman–Crippen LogP) is 2.87. The van der Waals surface area contributed by atoms with Gasteiger partial charge in [-0.05, 0) is 38.8 Å². The molecule has 0 spiro atoms. The minimum Gasteiger partial charge on any atom is -0.393 e. The van der Waals surface area contributed by atoms with Gasteiger partial charge in [0.25, 0.3) is 0 Å². The molecule has 1 fully saturated rings. The van der Waals surface area contributed by atoms with Crippen molar-refractivity contribution in [3.05, 3.63) is 48.0 Å². The predicted molar refractivity (Wildman–Crippen MR) is 88.8 cm³/mol. The molecule has 0 N–H and O–H groups in total. The van der Waals surface area contributed by atoms with Crippen LogP contribution in [0.2, 0.25) is 0 Å². The Morgan fingerprint density at radius 1 is 1.35 bits per heavy atom. The first kappa shape index (κ1) is 15.3. The summed E-state index contributed by atoms with van der Waals surface area (Å²) in [5.41, 5.74) is 2.84. The highest BCUT2D eigenvalue weighted by Crippen LogP contribution is 2.27. The van der Waals surface area contributed by atoms with Crippen molar-refractivity contribution in [2.45, 2.75) is 39.3 Å². The van der Waals surface area contributed by atoms with E-state index in [1.165, 1.54) is 19.2 Å². The molecule has 1 aromatic carbocycles. The Kier molecular flexibility index (Phi) is 4.72. The van der Waals surface area contributed by atoms with E-state index in [2.05, 4.69) is 27.1 Å². The molecular weight excluding hydrogens is 288 g/mol. The molecule has 5 nitrogen and oxygen atoms in total. The summed E-state index contributed by atoms with van der Waals surface area (Å²) in [6.07, 6.45) is 5.70. The first-order valence-electron chi connectivity index (χ1n) is 7.88. The lowest BCUT2D eigenvalue weighted by atomic mass is 10.1. The minimum absolute atomic E-state index is 0.0319. The summed E-state index contributed by atoms with van der Waals surface area (Å²) in [5.74, 6) is 7.10. The standard InChI is InChI=1S/C18H20N4O/c1-14(2)23-21-18(11-22-13-19-12-20-22)17-9-7-16(8-10-17)6-5-15-3-4-15/h7-10,12-15H,3-4,11H2,1-2H3. The van der Waals surface area contributed by atoms with Gasteiger partial charge in [0.05, 0.1) is 6.54 Å². The van der Waals surface area contributed by atoms with Gasteiger partial charge < -0.3 is 4.84 Å². The van der Waals surface area contributed by atoms with E-state index >= 15 is 0 Å². The van der Waals surface area contributed by atoms with Crippen molar-refractivity contribution < 1.29 is 4.84 Å². The van der Waals surface area contributed by atoms with Crippen LogP contribution in [0.3, 0.4) is 0 Å². The maximum absolute atomic E-state index is 5.42. The summed E-state index contributed by atoms with van der Waals surface area (Å²) < 4.78 is 1.73. The van der Waals surface area contributed by atoms with Gasteiger partial charge in [0, 0.05) is 17.0 Å². The van der Waals surface area contributed by atoms with Gasteiger partial charge in [0.1, 0.15) is 24.5 Å². The second kappa shape index (κ2) is 7.10. The minimum atomic E-state index is 0.0319. The number of hydrogen-bond donors (Lipinski definition) is 0. The second-order valence-corrected chi connectivity index (χ2v) is 5.91. The Bertz CT molecular complexity index is 717. The van der Waals surface area contributed by atoms with Crippen molar-refractivity contribution in [1.29, 1.82) is 0 Å². The highest BCUT2D eigenvalue weighted by atomic mass is 16.6. The molecule has 0 bridgehead atoms. The van der Waals surface area contributed by atoms with Crippen LogP contribution in [0, 0.1) is 17.8 Å². The number of hydrogen-bond acceptors (Lipinski definition) is 4. The Morgan fingerprint density at radius 3 is 2.74 bits per heavy atom. The summed E-state index contributed by atoms with van der Waals surface area (Å²) in [7, 11) is 0. The van der Waals surface area contributed by atoms with E-state index in [0.29, 0.717) is 12.5 Å². The monoisotopic (exact) mass is 308 g/mol. The van der Waals surface area contributed by atoms with Crippen molar-refractivity contribution in [3.63, 3.8) is 0 Å². The Hall–Kier alpha value is -2.61. The quantitative estimate of drug-likeness (QED) is 0.485. The molecule has 1 aliphatic carbocycles. The molecule has 0 atom stereocenters. The van der Waals surface area contributed by atoms with E-state index in [4.69, 9.17) is 4.84 Å². The molecule has 1 aliphatic rings. The Morgan fingerprint density at radius 2 is 2.13 bits per heavy atom. The molecule has 1 heterocycles. The SMILES string of the molecule is CC(C)ON=C(Cn1cncn1)c1ccc(C#CC2CC2)cc1. The molecule has 2 aromatic rings. The maximum Gasteiger partial charge on any atom is 0.137 e. The van der Waals surface area contributed by atoms with Gasteiger partial charge in [-0.1, -0.05) is 29.1 Å². The first-order valence-corrected chi connectivity index (χ1v) is 7.88. The molecule has 1 saturated carbocycles. The number of benzene rings is 1. The van der Waals surface area contributed by atoms with E-state index in [1.54, 1.807) is 11.0 Å². The van der Waals surface area contributed by atoms with Crippen molar-refractivity contribution in [3.8, 4) is 11.8 Å². The molecule has 0 saturated heterocycles. The van der Waals surface area contributed by atoms with Gasteiger partial charge in [-0.15, -0.1) is 0 Å². The molecule has 118 valence electrons. The fourth-order valence-electron chi connectivity index (χ4n) is 1.97. The van der Waals surface area contributed by atoms with Gasteiger partial charge in [-0.25, -0.2) is 9.67 Å². The van der Waals surface area contributed by atoms with Gasteiger partial charge in [0.15, 0.2) is 0 Å². The summed E-state index contributed by atoms with van der Waals surface area (Å²) in [6.45, 7) is 4.42. The molecular formula is C18H20N4O. The third kappa shape index (κ3) is 4.68. The van der Waals surface area contributed by atoms with Crippen molar-refractivity contribution in [1.82, 2.24) is 14.8 Å². The molecule has 0 amide bonds. The topological polar surface area (TPSA) is 52.3 Å². The second-order valence-electron chi connectivity index (χ2n) is 5.91. The van der Waals surface area contributed by atoms with Gasteiger partial charge in [0.2, 0.25) is 0 Å². The van der Waals surface area contributed by atoms with E-state index in [1.807, 2.05) is 38.1 Å². The number of aromatic nitrogens is 3. The van der Waals surface area contributed by atoms with E-state index in [0.717, 1.165) is 16.8 Å². The average Bonchev–Trinajstić information content (AvgIpc) is 3.24. The van der Waals surface area contributed by atoms with Crippen LogP contribution in [0.4, 0.5) is 0 Å². The van der Waals surface area contributed by atoms with Crippen molar-refractivity contribution in [2.24, 2.45) is 11.1 Å². The fraction of sp³-hybridized carbons (Fsp3) is 0.389. The third-order valence-electron chi connectivity index (χ3n) is 3.37. The van der Waals surface area contributed by atoms with Gasteiger partial charge in [-0.3, -0.25) is 0 Å². The zero-order valence-corrected chi connectivity index (χ0v) is 13.4. The summed E-state index contributed by atoms with van der Waals surface area (Å²) in [5, 5.41) is 8.40. The summed E-state index contributed by atoms with van der Waals surface area (Å²) >= 11 is 0. The van der Waals surface area contributed by atoms with Crippen LogP contribution in [-0.2, 0) is 11.4 Å². The van der Waals surface area contributed by atoms with Crippen LogP contribution < -0.4 is 0 Å². The lowest BCUT2D eigenvalue weighted by Gasteiger charge is -2.09. The van der Waals surface area contributed by atoms with Crippen LogP contribution in [0.1, 0.15) is 37.8 Å². The normalized spacial score (nSPS) is 14.5. The first-order chi connectivity index (χ1) is 11.2. The maximum atomic E-state index is 5.42. The van der Waals surface area contributed by atoms with Crippen LogP contribution in [0.5, 0.6) is 0 Å². The Labute approximate surface area is 136 Å². The van der Waals surface area contributed by atoms with Crippen LogP contribution in [0.25, 0.3) is 0 Å². The Balaban J connectivity index is 1.77. The van der Waals surface area contributed by atoms with Gasteiger partial charge >= 0.3 is 0 Å². The molecule has 0 aliphatic heterocycles.